The largest absolute Gasteiger partial charge is 1.00 e. The second-order valence-electron chi connectivity index (χ2n) is 6.36. The molecule has 0 spiro atoms. The van der Waals surface area contributed by atoms with Gasteiger partial charge in [0, 0.05) is 12.1 Å². The molecule has 4 aromatic rings. The average Bonchev–Trinajstić information content (AvgIpc) is 3.22. The first-order valence-corrected chi connectivity index (χ1v) is 8.90. The van der Waals surface area contributed by atoms with Gasteiger partial charge in [-0.1, -0.05) is 42.5 Å². The molecule has 0 atom stereocenters. The molecule has 5 heteroatoms. The number of hydrogen-bond donors (Lipinski definition) is 1. The first kappa shape index (κ1) is 19.9. The molecule has 0 amide bonds. The van der Waals surface area contributed by atoms with Crippen molar-refractivity contribution < 1.29 is 26.0 Å². The average molecular weight is 397 g/mol. The smallest absolute Gasteiger partial charge is 0.124 e. The summed E-state index contributed by atoms with van der Waals surface area (Å²) in [5, 5.41) is 5.74. The third kappa shape index (κ3) is 4.71. The van der Waals surface area contributed by atoms with Crippen LogP contribution in [0.4, 0.5) is 4.39 Å². The Hall–Kier alpha value is -2.82. The molecule has 4 rings (SSSR count). The number of rotatable bonds is 7. The maximum atomic E-state index is 13.1. The fourth-order valence-corrected chi connectivity index (χ4v) is 3.10. The summed E-state index contributed by atoms with van der Waals surface area (Å²) < 4.78 is 24.5. The van der Waals surface area contributed by atoms with Crippen molar-refractivity contribution in [2.75, 3.05) is 0 Å². The third-order valence-electron chi connectivity index (χ3n) is 4.49. The minimum absolute atomic E-state index is 0. The van der Waals surface area contributed by atoms with E-state index in [-0.39, 0.29) is 18.2 Å². The third-order valence-corrected chi connectivity index (χ3v) is 4.49. The van der Waals surface area contributed by atoms with Gasteiger partial charge in [0.25, 0.3) is 0 Å². The number of furan rings is 1. The molecule has 0 aliphatic carbocycles. The van der Waals surface area contributed by atoms with Crippen LogP contribution in [0.3, 0.4) is 0 Å². The van der Waals surface area contributed by atoms with E-state index in [4.69, 9.17) is 9.15 Å². The summed E-state index contributed by atoms with van der Waals surface area (Å²) in [7, 11) is 0. The fraction of sp³-hybridized carbons (Fsp3) is 0.130. The number of hydrogen-bond acceptors (Lipinski definition) is 3. The van der Waals surface area contributed by atoms with Gasteiger partial charge in [-0.15, -0.1) is 0 Å². The van der Waals surface area contributed by atoms with Crippen LogP contribution in [0.2, 0.25) is 0 Å². The Morgan fingerprint density at radius 2 is 1.68 bits per heavy atom. The lowest BCUT2D eigenvalue weighted by Crippen LogP contribution is -3.00. The summed E-state index contributed by atoms with van der Waals surface area (Å²) in [6.07, 6.45) is 1.67. The summed E-state index contributed by atoms with van der Waals surface area (Å²) >= 11 is 0. The van der Waals surface area contributed by atoms with E-state index < -0.39 is 0 Å². The molecule has 3 nitrogen and oxygen atoms in total. The minimum Gasteiger partial charge on any atom is -1.00 e. The molecule has 1 N–H and O–H groups in total. The SMILES string of the molecule is Fc1ccc(COc2ccc3ccccc3c2CNCc2ccco2)cc1.[Cl-]. The van der Waals surface area contributed by atoms with Gasteiger partial charge in [-0.25, -0.2) is 4.39 Å². The van der Waals surface area contributed by atoms with E-state index in [0.29, 0.717) is 19.7 Å². The number of benzene rings is 3. The van der Waals surface area contributed by atoms with Gasteiger partial charge in [0.15, 0.2) is 0 Å². The maximum absolute atomic E-state index is 13.1. The van der Waals surface area contributed by atoms with Crippen molar-refractivity contribution in [3.8, 4) is 5.75 Å². The lowest BCUT2D eigenvalue weighted by Gasteiger charge is -2.15. The van der Waals surface area contributed by atoms with Crippen LogP contribution >= 0.6 is 0 Å². The molecule has 0 bridgehead atoms. The Balaban J connectivity index is 0.00000225. The second-order valence-corrected chi connectivity index (χ2v) is 6.36. The Morgan fingerprint density at radius 1 is 0.857 bits per heavy atom. The number of nitrogens with one attached hydrogen (secondary N) is 1. The van der Waals surface area contributed by atoms with E-state index in [1.54, 1.807) is 18.4 Å². The monoisotopic (exact) mass is 396 g/mol. The highest BCUT2D eigenvalue weighted by Crippen LogP contribution is 2.29. The summed E-state index contributed by atoms with van der Waals surface area (Å²) in [4.78, 5) is 0. The summed E-state index contributed by atoms with van der Waals surface area (Å²) in [6.45, 7) is 1.69. The molecule has 0 saturated carbocycles. The molecular formula is C23H20ClFNO2-. The molecule has 0 fully saturated rings. The van der Waals surface area contributed by atoms with Crippen molar-refractivity contribution in [1.29, 1.82) is 0 Å². The van der Waals surface area contributed by atoms with E-state index in [1.165, 1.54) is 17.5 Å². The zero-order valence-electron chi connectivity index (χ0n) is 15.2. The first-order chi connectivity index (χ1) is 13.3. The zero-order chi connectivity index (χ0) is 18.5. The second kappa shape index (κ2) is 9.40. The normalized spacial score (nSPS) is 10.6. The van der Waals surface area contributed by atoms with Crippen molar-refractivity contribution in [3.05, 3.63) is 102 Å². The lowest BCUT2D eigenvalue weighted by molar-refractivity contribution is -0.00000680. The molecule has 28 heavy (non-hydrogen) atoms. The van der Waals surface area contributed by atoms with Gasteiger partial charge >= 0.3 is 0 Å². The molecule has 0 aliphatic rings. The molecule has 0 aliphatic heterocycles. The summed E-state index contributed by atoms with van der Waals surface area (Å²) in [5.41, 5.74) is 2.03. The predicted octanol–water partition coefficient (Wildman–Crippen LogP) is 2.44. The van der Waals surface area contributed by atoms with Crippen molar-refractivity contribution >= 4 is 10.8 Å². The highest BCUT2D eigenvalue weighted by Gasteiger charge is 2.10. The molecule has 0 saturated heterocycles. The standard InChI is InChI=1S/C23H20FNO2.ClH/c24-19-10-7-17(8-11-19)16-27-23-12-9-18-4-1-2-6-21(18)22(23)15-25-14-20-5-3-13-26-20;/h1-13,25H,14-16H2;1H/p-1. The van der Waals surface area contributed by atoms with E-state index >= 15 is 0 Å². The van der Waals surface area contributed by atoms with E-state index in [1.807, 2.05) is 30.3 Å². The fourth-order valence-electron chi connectivity index (χ4n) is 3.10. The highest BCUT2D eigenvalue weighted by molar-refractivity contribution is 5.87. The van der Waals surface area contributed by atoms with Crippen LogP contribution in [0.1, 0.15) is 16.9 Å². The zero-order valence-corrected chi connectivity index (χ0v) is 16.0. The molecule has 1 aromatic heterocycles. The van der Waals surface area contributed by atoms with Crippen molar-refractivity contribution in [1.82, 2.24) is 5.32 Å². The number of halogens is 2. The van der Waals surface area contributed by atoms with Crippen LogP contribution in [0.15, 0.2) is 83.5 Å². The Bertz CT molecular complexity index is 1020. The molecule has 1 heterocycles. The van der Waals surface area contributed by atoms with E-state index in [0.717, 1.165) is 28.0 Å². The van der Waals surface area contributed by atoms with Crippen molar-refractivity contribution in [2.45, 2.75) is 19.7 Å². The number of fused-ring (bicyclic) bond motifs is 1. The molecule has 144 valence electrons. The van der Waals surface area contributed by atoms with Crippen LogP contribution < -0.4 is 22.5 Å². The van der Waals surface area contributed by atoms with Crippen LogP contribution in [0.5, 0.6) is 5.75 Å². The Labute approximate surface area is 169 Å². The summed E-state index contributed by atoms with van der Waals surface area (Å²) in [6, 6.07) is 22.5. The van der Waals surface area contributed by atoms with Crippen LogP contribution in [0, 0.1) is 5.82 Å². The van der Waals surface area contributed by atoms with Gasteiger partial charge in [-0.2, -0.15) is 0 Å². The molecule has 3 aromatic carbocycles. The van der Waals surface area contributed by atoms with Crippen LogP contribution in [-0.2, 0) is 19.7 Å². The minimum atomic E-state index is -0.243. The van der Waals surface area contributed by atoms with Gasteiger partial charge < -0.3 is 26.9 Å². The molecule has 0 radical (unpaired) electrons. The maximum Gasteiger partial charge on any atom is 0.124 e. The van der Waals surface area contributed by atoms with Crippen molar-refractivity contribution in [3.63, 3.8) is 0 Å². The molecular weight excluding hydrogens is 377 g/mol. The van der Waals surface area contributed by atoms with E-state index in [9.17, 15) is 4.39 Å². The van der Waals surface area contributed by atoms with Gasteiger partial charge in [-0.3, -0.25) is 0 Å². The first-order valence-electron chi connectivity index (χ1n) is 8.90. The van der Waals surface area contributed by atoms with Gasteiger partial charge in [0.1, 0.15) is 23.9 Å². The van der Waals surface area contributed by atoms with Gasteiger partial charge in [-0.05, 0) is 46.7 Å². The van der Waals surface area contributed by atoms with Gasteiger partial charge in [0.2, 0.25) is 0 Å². The van der Waals surface area contributed by atoms with Crippen LogP contribution in [0.25, 0.3) is 10.8 Å². The Kier molecular flexibility index (Phi) is 6.69. The predicted molar refractivity (Wildman–Crippen MR) is 104 cm³/mol. The Morgan fingerprint density at radius 3 is 2.46 bits per heavy atom. The molecule has 0 unspecified atom stereocenters. The van der Waals surface area contributed by atoms with E-state index in [2.05, 4.69) is 23.5 Å². The highest BCUT2D eigenvalue weighted by atomic mass is 35.5. The quantitative estimate of drug-likeness (QED) is 0.521. The van der Waals surface area contributed by atoms with Gasteiger partial charge in [0.05, 0.1) is 12.8 Å². The number of ether oxygens (including phenoxy) is 1. The van der Waals surface area contributed by atoms with Crippen molar-refractivity contribution in [2.24, 2.45) is 0 Å². The topological polar surface area (TPSA) is 34.4 Å². The lowest BCUT2D eigenvalue weighted by atomic mass is 10.0. The summed E-state index contributed by atoms with van der Waals surface area (Å²) in [5.74, 6) is 1.47. The van der Waals surface area contributed by atoms with Crippen LogP contribution in [-0.4, -0.2) is 0 Å².